The molecular weight excluding hydrogens is 230 g/mol. The first-order valence-electron chi connectivity index (χ1n) is 6.94. The van der Waals surface area contributed by atoms with Crippen LogP contribution >= 0.6 is 0 Å². The predicted octanol–water partition coefficient (Wildman–Crippen LogP) is 2.37. The Morgan fingerprint density at radius 3 is 2.44 bits per heavy atom. The highest BCUT2D eigenvalue weighted by Gasteiger charge is 2.31. The maximum Gasteiger partial charge on any atom is 0.228 e. The SMILES string of the molecule is CCCOCC(C)(CC)C(=O)NCCOC(C)C. The fourth-order valence-electron chi connectivity index (χ4n) is 1.44. The van der Waals surface area contributed by atoms with Crippen LogP contribution in [0.2, 0.25) is 0 Å². The summed E-state index contributed by atoms with van der Waals surface area (Å²) in [5.74, 6) is 0.0495. The Kier molecular flexibility index (Phi) is 9.02. The zero-order valence-corrected chi connectivity index (χ0v) is 12.5. The van der Waals surface area contributed by atoms with Crippen LogP contribution in [0.1, 0.15) is 47.5 Å². The van der Waals surface area contributed by atoms with E-state index in [4.69, 9.17) is 9.47 Å². The van der Waals surface area contributed by atoms with Crippen molar-refractivity contribution in [3.05, 3.63) is 0 Å². The normalized spacial score (nSPS) is 14.6. The molecule has 1 N–H and O–H groups in total. The fourth-order valence-corrected chi connectivity index (χ4v) is 1.44. The van der Waals surface area contributed by atoms with Gasteiger partial charge in [-0.15, -0.1) is 0 Å². The largest absolute Gasteiger partial charge is 0.380 e. The van der Waals surface area contributed by atoms with Crippen molar-refractivity contribution in [2.75, 3.05) is 26.4 Å². The number of nitrogens with one attached hydrogen (secondary N) is 1. The smallest absolute Gasteiger partial charge is 0.228 e. The van der Waals surface area contributed by atoms with Crippen LogP contribution in [0.15, 0.2) is 0 Å². The zero-order chi connectivity index (χ0) is 14.0. The Hall–Kier alpha value is -0.610. The summed E-state index contributed by atoms with van der Waals surface area (Å²) in [7, 11) is 0. The van der Waals surface area contributed by atoms with Crippen LogP contribution in [0.4, 0.5) is 0 Å². The molecule has 108 valence electrons. The van der Waals surface area contributed by atoms with Crippen molar-refractivity contribution < 1.29 is 14.3 Å². The highest BCUT2D eigenvalue weighted by atomic mass is 16.5. The van der Waals surface area contributed by atoms with Gasteiger partial charge in [-0.05, 0) is 33.6 Å². The van der Waals surface area contributed by atoms with Gasteiger partial charge in [0.15, 0.2) is 0 Å². The van der Waals surface area contributed by atoms with E-state index in [0.717, 1.165) is 12.8 Å². The van der Waals surface area contributed by atoms with Crippen LogP contribution in [0.25, 0.3) is 0 Å². The lowest BCUT2D eigenvalue weighted by Gasteiger charge is -2.26. The van der Waals surface area contributed by atoms with Crippen LogP contribution < -0.4 is 5.32 Å². The second-order valence-corrected chi connectivity index (χ2v) is 5.14. The van der Waals surface area contributed by atoms with E-state index >= 15 is 0 Å². The summed E-state index contributed by atoms with van der Waals surface area (Å²) in [4.78, 5) is 12.1. The van der Waals surface area contributed by atoms with E-state index in [9.17, 15) is 4.79 Å². The van der Waals surface area contributed by atoms with E-state index in [1.54, 1.807) is 0 Å². The molecule has 1 amide bonds. The molecule has 4 nitrogen and oxygen atoms in total. The highest BCUT2D eigenvalue weighted by molar-refractivity contribution is 5.82. The van der Waals surface area contributed by atoms with Crippen LogP contribution in [-0.2, 0) is 14.3 Å². The molecule has 0 saturated carbocycles. The minimum atomic E-state index is -0.437. The molecule has 0 aromatic carbocycles. The van der Waals surface area contributed by atoms with Crippen molar-refractivity contribution in [1.82, 2.24) is 5.32 Å². The van der Waals surface area contributed by atoms with Crippen LogP contribution in [-0.4, -0.2) is 38.4 Å². The molecule has 0 aromatic rings. The van der Waals surface area contributed by atoms with Gasteiger partial charge in [-0.1, -0.05) is 13.8 Å². The van der Waals surface area contributed by atoms with E-state index in [1.165, 1.54) is 0 Å². The van der Waals surface area contributed by atoms with Crippen molar-refractivity contribution >= 4 is 5.91 Å². The summed E-state index contributed by atoms with van der Waals surface area (Å²) in [5, 5.41) is 2.91. The first kappa shape index (κ1) is 17.4. The third-order valence-electron chi connectivity index (χ3n) is 2.94. The van der Waals surface area contributed by atoms with Gasteiger partial charge in [-0.3, -0.25) is 4.79 Å². The van der Waals surface area contributed by atoms with Gasteiger partial charge in [0, 0.05) is 13.2 Å². The Labute approximate surface area is 111 Å². The average Bonchev–Trinajstić information content (AvgIpc) is 2.34. The van der Waals surface area contributed by atoms with E-state index < -0.39 is 5.41 Å². The second-order valence-electron chi connectivity index (χ2n) is 5.14. The molecule has 0 heterocycles. The molecule has 0 aromatic heterocycles. The van der Waals surface area contributed by atoms with E-state index in [-0.39, 0.29) is 12.0 Å². The topological polar surface area (TPSA) is 47.6 Å². The monoisotopic (exact) mass is 259 g/mol. The Morgan fingerprint density at radius 2 is 1.94 bits per heavy atom. The summed E-state index contributed by atoms with van der Waals surface area (Å²) in [6.45, 7) is 12.3. The van der Waals surface area contributed by atoms with Crippen molar-refractivity contribution in [3.63, 3.8) is 0 Å². The van der Waals surface area contributed by atoms with Crippen molar-refractivity contribution in [3.8, 4) is 0 Å². The number of carbonyl (C=O) groups excluding carboxylic acids is 1. The summed E-state index contributed by atoms with van der Waals surface area (Å²) in [5.41, 5.74) is -0.437. The lowest BCUT2D eigenvalue weighted by Crippen LogP contribution is -2.43. The highest BCUT2D eigenvalue weighted by Crippen LogP contribution is 2.21. The van der Waals surface area contributed by atoms with Crippen LogP contribution in [0, 0.1) is 5.41 Å². The van der Waals surface area contributed by atoms with Crippen molar-refractivity contribution in [2.24, 2.45) is 5.41 Å². The molecule has 1 atom stereocenters. The number of ether oxygens (including phenoxy) is 2. The third kappa shape index (κ3) is 6.97. The van der Waals surface area contributed by atoms with E-state index in [0.29, 0.717) is 26.4 Å². The standard InChI is InChI=1S/C14H29NO3/c1-6-9-17-11-14(5,7-2)13(16)15-8-10-18-12(3)4/h12H,6-11H2,1-5H3,(H,15,16). The van der Waals surface area contributed by atoms with Gasteiger partial charge in [-0.25, -0.2) is 0 Å². The van der Waals surface area contributed by atoms with Gasteiger partial charge in [0.05, 0.1) is 24.7 Å². The molecule has 0 aliphatic rings. The van der Waals surface area contributed by atoms with Gasteiger partial charge in [-0.2, -0.15) is 0 Å². The molecule has 0 saturated heterocycles. The zero-order valence-electron chi connectivity index (χ0n) is 12.5. The predicted molar refractivity (Wildman–Crippen MR) is 73.6 cm³/mol. The Bertz CT molecular complexity index is 231. The lowest BCUT2D eigenvalue weighted by molar-refractivity contribution is -0.134. The Balaban J connectivity index is 4.00. The summed E-state index contributed by atoms with van der Waals surface area (Å²) in [6.07, 6.45) is 1.95. The molecule has 0 bridgehead atoms. The van der Waals surface area contributed by atoms with Gasteiger partial charge < -0.3 is 14.8 Å². The van der Waals surface area contributed by atoms with E-state index in [2.05, 4.69) is 12.2 Å². The molecule has 0 fully saturated rings. The minimum Gasteiger partial charge on any atom is -0.380 e. The molecule has 0 aliphatic heterocycles. The summed E-state index contributed by atoms with van der Waals surface area (Å²) < 4.78 is 10.9. The van der Waals surface area contributed by atoms with Gasteiger partial charge in [0.1, 0.15) is 0 Å². The number of carbonyl (C=O) groups is 1. The van der Waals surface area contributed by atoms with Gasteiger partial charge >= 0.3 is 0 Å². The number of hydrogen-bond donors (Lipinski definition) is 1. The van der Waals surface area contributed by atoms with E-state index in [1.807, 2.05) is 27.7 Å². The lowest BCUT2D eigenvalue weighted by atomic mass is 9.87. The maximum atomic E-state index is 12.1. The molecular formula is C14H29NO3. The maximum absolute atomic E-state index is 12.1. The van der Waals surface area contributed by atoms with Crippen LogP contribution in [0.3, 0.4) is 0 Å². The quantitative estimate of drug-likeness (QED) is 0.613. The fraction of sp³-hybridized carbons (Fsp3) is 0.929. The molecule has 0 spiro atoms. The molecule has 0 aliphatic carbocycles. The van der Waals surface area contributed by atoms with Crippen molar-refractivity contribution in [2.45, 2.75) is 53.6 Å². The van der Waals surface area contributed by atoms with Gasteiger partial charge in [0.25, 0.3) is 0 Å². The average molecular weight is 259 g/mol. The molecule has 0 rings (SSSR count). The molecule has 4 heteroatoms. The summed E-state index contributed by atoms with van der Waals surface area (Å²) >= 11 is 0. The molecule has 18 heavy (non-hydrogen) atoms. The molecule has 0 radical (unpaired) electrons. The van der Waals surface area contributed by atoms with Gasteiger partial charge in [0.2, 0.25) is 5.91 Å². The first-order chi connectivity index (χ1) is 8.46. The number of rotatable bonds is 10. The number of amides is 1. The first-order valence-corrected chi connectivity index (χ1v) is 6.94. The molecule has 1 unspecified atom stereocenters. The van der Waals surface area contributed by atoms with Crippen molar-refractivity contribution in [1.29, 1.82) is 0 Å². The minimum absolute atomic E-state index is 0.0495. The third-order valence-corrected chi connectivity index (χ3v) is 2.94. The second kappa shape index (κ2) is 9.34. The Morgan fingerprint density at radius 1 is 1.28 bits per heavy atom. The summed E-state index contributed by atoms with van der Waals surface area (Å²) in [6, 6.07) is 0. The number of hydrogen-bond acceptors (Lipinski definition) is 3. The van der Waals surface area contributed by atoms with Crippen LogP contribution in [0.5, 0.6) is 0 Å².